The van der Waals surface area contributed by atoms with Gasteiger partial charge in [-0.05, 0) is 37.8 Å². The zero-order valence-corrected chi connectivity index (χ0v) is 14.9. The number of carbonyl (C=O) groups is 1. The molecule has 5 nitrogen and oxygen atoms in total. The molecule has 0 unspecified atom stereocenters. The number of para-hydroxylation sites is 1. The molecule has 0 bridgehead atoms. The van der Waals surface area contributed by atoms with E-state index < -0.39 is 0 Å². The number of aromatic nitrogens is 2. The van der Waals surface area contributed by atoms with Crippen LogP contribution in [-0.4, -0.2) is 29.0 Å². The minimum atomic E-state index is -0.375. The molecule has 1 N–H and O–H groups in total. The van der Waals surface area contributed by atoms with Crippen molar-refractivity contribution in [1.29, 1.82) is 0 Å². The van der Waals surface area contributed by atoms with Crippen LogP contribution in [0.1, 0.15) is 43.1 Å². The van der Waals surface area contributed by atoms with Crippen molar-refractivity contribution in [3.63, 3.8) is 0 Å². The largest absolute Gasteiger partial charge is 0.356 e. The number of benzene rings is 1. The van der Waals surface area contributed by atoms with Gasteiger partial charge in [0.15, 0.2) is 0 Å². The number of amides is 1. The molecule has 0 saturated carbocycles. The Morgan fingerprint density at radius 2 is 2.00 bits per heavy atom. The summed E-state index contributed by atoms with van der Waals surface area (Å²) in [6, 6.07) is 8.11. The number of anilines is 2. The Morgan fingerprint density at radius 3 is 2.76 bits per heavy atom. The van der Waals surface area contributed by atoms with Crippen LogP contribution in [0.5, 0.6) is 0 Å². The third-order valence-electron chi connectivity index (χ3n) is 5.52. The number of carbonyl (C=O) groups excluding carboxylic acids is 1. The fourth-order valence-electron chi connectivity index (χ4n) is 4.17. The van der Waals surface area contributed by atoms with Crippen molar-refractivity contribution in [2.45, 2.75) is 44.9 Å². The van der Waals surface area contributed by atoms with Crippen molar-refractivity contribution in [3.8, 4) is 0 Å². The number of rotatable bonds is 3. The van der Waals surface area contributed by atoms with Crippen LogP contribution in [0, 0.1) is 6.92 Å². The van der Waals surface area contributed by atoms with Crippen LogP contribution in [0.2, 0.25) is 0 Å². The lowest BCUT2D eigenvalue weighted by Crippen LogP contribution is -2.47. The Hall–Kier alpha value is -2.43. The fourth-order valence-corrected chi connectivity index (χ4v) is 4.17. The van der Waals surface area contributed by atoms with Crippen LogP contribution in [-0.2, 0) is 16.6 Å². The molecule has 1 amide bonds. The van der Waals surface area contributed by atoms with Gasteiger partial charge in [-0.2, -0.15) is 0 Å². The predicted octanol–water partition coefficient (Wildman–Crippen LogP) is 3.23. The Kier molecular flexibility index (Phi) is 3.94. The molecule has 2 aliphatic heterocycles. The summed E-state index contributed by atoms with van der Waals surface area (Å²) in [4.78, 5) is 24.1. The van der Waals surface area contributed by atoms with E-state index in [1.807, 2.05) is 31.3 Å². The summed E-state index contributed by atoms with van der Waals surface area (Å²) >= 11 is 0. The number of piperidine rings is 1. The Balaban J connectivity index is 1.61. The van der Waals surface area contributed by atoms with Crippen LogP contribution in [0.3, 0.4) is 0 Å². The van der Waals surface area contributed by atoms with Crippen molar-refractivity contribution in [3.05, 3.63) is 47.4 Å². The van der Waals surface area contributed by atoms with Crippen molar-refractivity contribution in [2.75, 3.05) is 23.3 Å². The smallest absolute Gasteiger partial charge is 0.235 e. The molecule has 1 fully saturated rings. The molecule has 1 spiro atoms. The lowest BCUT2D eigenvalue weighted by Gasteiger charge is -2.39. The molecule has 2 aliphatic rings. The maximum atomic E-state index is 12.7. The monoisotopic (exact) mass is 336 g/mol. The van der Waals surface area contributed by atoms with Gasteiger partial charge in [-0.25, -0.2) is 9.97 Å². The average molecular weight is 336 g/mol. The predicted molar refractivity (Wildman–Crippen MR) is 99.0 cm³/mol. The number of nitrogens with one attached hydrogen (secondary N) is 1. The normalized spacial score (nSPS) is 18.3. The zero-order valence-electron chi connectivity index (χ0n) is 14.9. The van der Waals surface area contributed by atoms with E-state index in [0.717, 1.165) is 61.7 Å². The minimum absolute atomic E-state index is 0.154. The second-order valence-corrected chi connectivity index (χ2v) is 7.08. The van der Waals surface area contributed by atoms with E-state index in [1.54, 1.807) is 0 Å². The first kappa shape index (κ1) is 16.1. The van der Waals surface area contributed by atoms with Crippen molar-refractivity contribution >= 4 is 17.4 Å². The Labute approximate surface area is 148 Å². The number of aryl methyl sites for hydroxylation is 2. The summed E-state index contributed by atoms with van der Waals surface area (Å²) in [6.45, 7) is 5.80. The molecule has 3 heterocycles. The molecular formula is C20H24N4O. The van der Waals surface area contributed by atoms with Gasteiger partial charge in [0.1, 0.15) is 11.6 Å². The van der Waals surface area contributed by atoms with Gasteiger partial charge < -0.3 is 10.2 Å². The highest BCUT2D eigenvalue weighted by Crippen LogP contribution is 2.45. The second-order valence-electron chi connectivity index (χ2n) is 7.08. The van der Waals surface area contributed by atoms with Crippen LogP contribution in [0.4, 0.5) is 11.5 Å². The third-order valence-corrected chi connectivity index (χ3v) is 5.52. The molecule has 130 valence electrons. The first-order chi connectivity index (χ1) is 12.1. The Bertz CT molecular complexity index is 809. The standard InChI is InChI=1S/C20H24N4O/c1-3-6-15-13-21-14(2)22-18(15)24-11-9-20(10-12-24)16-7-4-5-8-17(16)23-19(20)25/h4-5,7-8,13H,3,6,9-12H2,1-2H3,(H,23,25). The van der Waals surface area contributed by atoms with Gasteiger partial charge in [0, 0.05) is 30.5 Å². The topological polar surface area (TPSA) is 58.1 Å². The van der Waals surface area contributed by atoms with E-state index in [0.29, 0.717) is 0 Å². The Morgan fingerprint density at radius 1 is 1.24 bits per heavy atom. The number of hydrogen-bond donors (Lipinski definition) is 1. The number of nitrogens with zero attached hydrogens (tertiary/aromatic N) is 3. The number of hydrogen-bond acceptors (Lipinski definition) is 4. The van der Waals surface area contributed by atoms with Crippen LogP contribution in [0.25, 0.3) is 0 Å². The third kappa shape index (κ3) is 2.58. The highest BCUT2D eigenvalue weighted by atomic mass is 16.2. The highest BCUT2D eigenvalue weighted by Gasteiger charge is 2.48. The molecule has 0 aliphatic carbocycles. The first-order valence-corrected chi connectivity index (χ1v) is 9.12. The van der Waals surface area contributed by atoms with Crippen molar-refractivity contribution < 1.29 is 4.79 Å². The lowest BCUT2D eigenvalue weighted by molar-refractivity contribution is -0.121. The zero-order chi connectivity index (χ0) is 17.4. The molecule has 2 aromatic rings. The molecule has 0 atom stereocenters. The molecular weight excluding hydrogens is 312 g/mol. The summed E-state index contributed by atoms with van der Waals surface area (Å²) in [7, 11) is 0. The summed E-state index contributed by atoms with van der Waals surface area (Å²) in [5.74, 6) is 2.01. The SMILES string of the molecule is CCCc1cnc(C)nc1N1CCC2(CC1)C(=O)Nc1ccccc12. The minimum Gasteiger partial charge on any atom is -0.356 e. The lowest BCUT2D eigenvalue weighted by atomic mass is 9.73. The summed E-state index contributed by atoms with van der Waals surface area (Å²) < 4.78 is 0. The van der Waals surface area contributed by atoms with E-state index in [2.05, 4.69) is 28.2 Å². The quantitative estimate of drug-likeness (QED) is 0.935. The fraction of sp³-hybridized carbons (Fsp3) is 0.450. The van der Waals surface area contributed by atoms with E-state index in [-0.39, 0.29) is 11.3 Å². The van der Waals surface area contributed by atoms with Gasteiger partial charge in [-0.15, -0.1) is 0 Å². The van der Waals surface area contributed by atoms with Crippen LogP contribution in [0.15, 0.2) is 30.5 Å². The molecule has 5 heteroatoms. The second kappa shape index (κ2) is 6.14. The van der Waals surface area contributed by atoms with Crippen LogP contribution < -0.4 is 10.2 Å². The van der Waals surface area contributed by atoms with Crippen LogP contribution >= 0.6 is 0 Å². The number of fused-ring (bicyclic) bond motifs is 2. The summed E-state index contributed by atoms with van der Waals surface area (Å²) in [5.41, 5.74) is 2.97. The first-order valence-electron chi connectivity index (χ1n) is 9.12. The highest BCUT2D eigenvalue weighted by molar-refractivity contribution is 6.06. The molecule has 1 aromatic carbocycles. The van der Waals surface area contributed by atoms with Gasteiger partial charge in [-0.1, -0.05) is 31.5 Å². The van der Waals surface area contributed by atoms with Crippen molar-refractivity contribution in [2.24, 2.45) is 0 Å². The molecule has 25 heavy (non-hydrogen) atoms. The van der Waals surface area contributed by atoms with Gasteiger partial charge in [-0.3, -0.25) is 4.79 Å². The molecule has 1 aromatic heterocycles. The molecule has 1 saturated heterocycles. The maximum Gasteiger partial charge on any atom is 0.235 e. The summed E-state index contributed by atoms with van der Waals surface area (Å²) in [6.07, 6.45) is 5.67. The molecule has 0 radical (unpaired) electrons. The van der Waals surface area contributed by atoms with E-state index >= 15 is 0 Å². The average Bonchev–Trinajstić information content (AvgIpc) is 2.90. The molecule has 4 rings (SSSR count). The van der Waals surface area contributed by atoms with Gasteiger partial charge in [0.05, 0.1) is 5.41 Å². The van der Waals surface area contributed by atoms with Crippen molar-refractivity contribution in [1.82, 2.24) is 9.97 Å². The maximum absolute atomic E-state index is 12.7. The van der Waals surface area contributed by atoms with E-state index in [4.69, 9.17) is 4.98 Å². The summed E-state index contributed by atoms with van der Waals surface area (Å²) in [5, 5.41) is 3.07. The van der Waals surface area contributed by atoms with Gasteiger partial charge in [0.2, 0.25) is 5.91 Å². The van der Waals surface area contributed by atoms with E-state index in [1.165, 1.54) is 5.56 Å². The van der Waals surface area contributed by atoms with E-state index in [9.17, 15) is 4.79 Å². The van der Waals surface area contributed by atoms with Gasteiger partial charge >= 0.3 is 0 Å². The van der Waals surface area contributed by atoms with Gasteiger partial charge in [0.25, 0.3) is 0 Å².